The third kappa shape index (κ3) is 2.78. The Morgan fingerprint density at radius 2 is 2.05 bits per heavy atom. The van der Waals surface area contributed by atoms with Crippen LogP contribution in [0.1, 0.15) is 38.4 Å². The molecule has 1 N–H and O–H groups in total. The lowest BCUT2D eigenvalue weighted by atomic mass is 9.86. The molecule has 0 unspecified atom stereocenters. The van der Waals surface area contributed by atoms with E-state index in [1.807, 2.05) is 0 Å². The molecule has 0 bridgehead atoms. The standard InChI is InChI=1S/C13H17N5O4/c1-7-3-5-13(6-4-7)21-10(19)9(11(20)22-13)16-18-12-14-8(2)15-17-12/h7,19H,3-6H2,1-2H3,(H,14,15,17)/p-1. The summed E-state index contributed by atoms with van der Waals surface area (Å²) in [6.07, 6.45) is 2.70. The molecule has 0 atom stereocenters. The fraction of sp³-hybridized carbons (Fsp3) is 0.615. The molecule has 0 aromatic carbocycles. The predicted octanol–water partition coefficient (Wildman–Crippen LogP) is 1.21. The molecule has 2 heterocycles. The molecule has 9 nitrogen and oxygen atoms in total. The number of aromatic nitrogens is 3. The summed E-state index contributed by atoms with van der Waals surface area (Å²) in [5.41, 5.74) is -0.494. The Hall–Kier alpha value is -2.45. The average molecular weight is 306 g/mol. The first-order chi connectivity index (χ1) is 10.5. The van der Waals surface area contributed by atoms with Crippen molar-refractivity contribution in [2.24, 2.45) is 16.1 Å². The van der Waals surface area contributed by atoms with Crippen LogP contribution in [-0.4, -0.2) is 26.9 Å². The van der Waals surface area contributed by atoms with Crippen molar-refractivity contribution in [1.29, 1.82) is 0 Å². The molecular formula is C13H16N5O4-. The van der Waals surface area contributed by atoms with E-state index in [1.54, 1.807) is 6.92 Å². The van der Waals surface area contributed by atoms with Gasteiger partial charge in [0, 0.05) is 0 Å². The van der Waals surface area contributed by atoms with E-state index in [9.17, 15) is 9.90 Å². The first kappa shape index (κ1) is 14.5. The van der Waals surface area contributed by atoms with Crippen molar-refractivity contribution < 1.29 is 19.4 Å². The van der Waals surface area contributed by atoms with Gasteiger partial charge >= 0.3 is 5.97 Å². The van der Waals surface area contributed by atoms with Crippen LogP contribution in [0.15, 0.2) is 21.9 Å². The summed E-state index contributed by atoms with van der Waals surface area (Å²) in [5.74, 6) is -1.67. The number of rotatable bonds is 2. The van der Waals surface area contributed by atoms with Crippen molar-refractivity contribution in [2.75, 3.05) is 0 Å². The van der Waals surface area contributed by atoms with Crippen LogP contribution in [0, 0.1) is 12.8 Å². The number of ether oxygens (including phenoxy) is 2. The molecule has 1 aromatic rings. The van der Waals surface area contributed by atoms with Crippen molar-refractivity contribution in [2.45, 2.75) is 45.3 Å². The first-order valence-corrected chi connectivity index (χ1v) is 7.12. The van der Waals surface area contributed by atoms with Crippen LogP contribution in [0.4, 0.5) is 5.95 Å². The fourth-order valence-corrected chi connectivity index (χ4v) is 2.50. The van der Waals surface area contributed by atoms with Crippen molar-refractivity contribution in [3.63, 3.8) is 0 Å². The number of nitrogens with zero attached hydrogens (tertiary/aromatic N) is 4. The van der Waals surface area contributed by atoms with Gasteiger partial charge in [-0.25, -0.2) is 4.79 Å². The second-order valence-electron chi connectivity index (χ2n) is 5.64. The van der Waals surface area contributed by atoms with Crippen LogP contribution in [0.5, 0.6) is 0 Å². The highest BCUT2D eigenvalue weighted by Gasteiger charge is 2.40. The first-order valence-electron chi connectivity index (χ1n) is 7.12. The Labute approximate surface area is 126 Å². The van der Waals surface area contributed by atoms with Crippen LogP contribution in [-0.2, 0) is 14.3 Å². The fourth-order valence-electron chi connectivity index (χ4n) is 2.50. The largest absolute Gasteiger partial charge is 0.573 e. The van der Waals surface area contributed by atoms with Crippen LogP contribution in [0.2, 0.25) is 0 Å². The summed E-state index contributed by atoms with van der Waals surface area (Å²) < 4.78 is 10.6. The Kier molecular flexibility index (Phi) is 3.55. The highest BCUT2D eigenvalue weighted by Crippen LogP contribution is 2.39. The molecule has 1 aliphatic heterocycles. The van der Waals surface area contributed by atoms with Gasteiger partial charge in [0.1, 0.15) is 5.82 Å². The van der Waals surface area contributed by atoms with Crippen molar-refractivity contribution in [3.05, 3.63) is 17.5 Å². The smallest absolute Gasteiger partial charge is 0.362 e. The quantitative estimate of drug-likeness (QED) is 0.646. The number of aryl methyl sites for hydroxylation is 1. The van der Waals surface area contributed by atoms with Crippen LogP contribution >= 0.6 is 0 Å². The van der Waals surface area contributed by atoms with E-state index in [0.717, 1.165) is 12.8 Å². The van der Waals surface area contributed by atoms with E-state index < -0.39 is 23.4 Å². The average Bonchev–Trinajstić information content (AvgIpc) is 2.87. The third-order valence-corrected chi connectivity index (χ3v) is 3.81. The van der Waals surface area contributed by atoms with E-state index in [4.69, 9.17) is 9.47 Å². The summed E-state index contributed by atoms with van der Waals surface area (Å²) in [5, 5.41) is 25.5. The van der Waals surface area contributed by atoms with Crippen LogP contribution < -0.4 is 5.11 Å². The minimum Gasteiger partial charge on any atom is -0.573 e. The van der Waals surface area contributed by atoms with Gasteiger partial charge in [-0.2, -0.15) is 4.98 Å². The molecule has 1 saturated carbocycles. The molecule has 1 fully saturated rings. The normalized spacial score (nSPS) is 29.0. The summed E-state index contributed by atoms with van der Waals surface area (Å²) >= 11 is 0. The molecule has 0 saturated heterocycles. The summed E-state index contributed by atoms with van der Waals surface area (Å²) in [4.78, 5) is 15.9. The van der Waals surface area contributed by atoms with Gasteiger partial charge in [-0.05, 0) is 38.5 Å². The van der Waals surface area contributed by atoms with E-state index >= 15 is 0 Å². The molecule has 9 heteroatoms. The maximum atomic E-state index is 12.0. The highest BCUT2D eigenvalue weighted by atomic mass is 16.8. The van der Waals surface area contributed by atoms with Crippen LogP contribution in [0.25, 0.3) is 0 Å². The Balaban J connectivity index is 1.78. The predicted molar refractivity (Wildman–Crippen MR) is 70.2 cm³/mol. The van der Waals surface area contributed by atoms with E-state index in [2.05, 4.69) is 32.3 Å². The molecule has 1 aliphatic carbocycles. The maximum Gasteiger partial charge on any atom is 0.362 e. The third-order valence-electron chi connectivity index (χ3n) is 3.81. The van der Waals surface area contributed by atoms with Crippen molar-refractivity contribution >= 4 is 11.9 Å². The molecule has 3 rings (SSSR count). The molecule has 0 amide bonds. The van der Waals surface area contributed by atoms with Gasteiger partial charge in [0.05, 0.1) is 5.95 Å². The number of carbonyl (C=O) groups excluding carboxylic acids is 1. The van der Waals surface area contributed by atoms with Gasteiger partial charge in [0.25, 0.3) is 5.95 Å². The van der Waals surface area contributed by atoms with E-state index in [0.29, 0.717) is 24.6 Å². The number of nitrogens with one attached hydrogen (secondary N) is 1. The molecule has 1 aromatic heterocycles. The molecule has 1 spiro atoms. The lowest BCUT2D eigenvalue weighted by molar-refractivity contribution is -0.402. The van der Waals surface area contributed by atoms with Gasteiger partial charge in [0.15, 0.2) is 11.5 Å². The number of esters is 1. The topological polar surface area (TPSA) is 125 Å². The Morgan fingerprint density at radius 3 is 2.64 bits per heavy atom. The minimum absolute atomic E-state index is 0.0253. The van der Waals surface area contributed by atoms with Crippen molar-refractivity contribution in [3.8, 4) is 0 Å². The monoisotopic (exact) mass is 306 g/mol. The van der Waals surface area contributed by atoms with Gasteiger partial charge in [-0.1, -0.05) is 6.92 Å². The zero-order valence-corrected chi connectivity index (χ0v) is 12.3. The summed E-state index contributed by atoms with van der Waals surface area (Å²) in [7, 11) is 0. The molecule has 2 aliphatic rings. The van der Waals surface area contributed by atoms with Gasteiger partial charge in [-0.15, -0.1) is 15.3 Å². The number of H-pyrrole nitrogens is 1. The van der Waals surface area contributed by atoms with Gasteiger partial charge in [0.2, 0.25) is 0 Å². The second-order valence-corrected chi connectivity index (χ2v) is 5.64. The van der Waals surface area contributed by atoms with Gasteiger partial charge in [-0.3, -0.25) is 5.10 Å². The van der Waals surface area contributed by atoms with Gasteiger partial charge < -0.3 is 14.6 Å². The molecule has 22 heavy (non-hydrogen) atoms. The maximum absolute atomic E-state index is 12.0. The Bertz CT molecular complexity index is 643. The zero-order valence-electron chi connectivity index (χ0n) is 12.3. The minimum atomic E-state index is -1.14. The zero-order chi connectivity index (χ0) is 15.7. The Morgan fingerprint density at radius 1 is 1.32 bits per heavy atom. The molecular weight excluding hydrogens is 290 g/mol. The molecule has 0 radical (unpaired) electrons. The summed E-state index contributed by atoms with van der Waals surface area (Å²) in [6, 6.07) is 0. The second kappa shape index (κ2) is 5.39. The lowest BCUT2D eigenvalue weighted by Crippen LogP contribution is -2.46. The SMILES string of the molecule is Cc1nc(N=NC2=C([O-])OC3(CCC(C)CC3)OC2=O)n[nH]1. The molecule has 118 valence electrons. The van der Waals surface area contributed by atoms with E-state index in [1.165, 1.54) is 0 Å². The number of carbonyl (C=O) groups is 1. The number of hydrogen-bond donors (Lipinski definition) is 1. The number of aromatic amines is 1. The van der Waals surface area contributed by atoms with Crippen molar-refractivity contribution in [1.82, 2.24) is 15.2 Å². The lowest BCUT2D eigenvalue weighted by Gasteiger charge is -2.46. The number of azo groups is 1. The number of hydrogen-bond acceptors (Lipinski definition) is 8. The summed E-state index contributed by atoms with van der Waals surface area (Å²) in [6.45, 7) is 3.81. The van der Waals surface area contributed by atoms with E-state index in [-0.39, 0.29) is 5.95 Å². The van der Waals surface area contributed by atoms with Crippen LogP contribution in [0.3, 0.4) is 0 Å². The highest BCUT2D eigenvalue weighted by molar-refractivity contribution is 5.88.